The van der Waals surface area contributed by atoms with E-state index in [1.807, 2.05) is 6.92 Å². The molecule has 0 bridgehead atoms. The third-order valence-electron chi connectivity index (χ3n) is 6.05. The summed E-state index contributed by atoms with van der Waals surface area (Å²) in [6.07, 6.45) is -0.162. The van der Waals surface area contributed by atoms with Crippen LogP contribution in [-0.2, 0) is 20.9 Å². The second kappa shape index (κ2) is 12.5. The Labute approximate surface area is 231 Å². The Morgan fingerprint density at radius 3 is 2.23 bits per heavy atom. The lowest BCUT2D eigenvalue weighted by Gasteiger charge is -2.24. The maximum absolute atomic E-state index is 13.6. The molecule has 2 amide bonds. The molecule has 1 unspecified atom stereocenters. The number of thiocarbonyl (C=S) groups is 1. The van der Waals surface area contributed by atoms with E-state index < -0.39 is 12.0 Å². The van der Waals surface area contributed by atoms with Gasteiger partial charge in [0.05, 0.1) is 30.9 Å². The van der Waals surface area contributed by atoms with E-state index in [1.54, 1.807) is 72.5 Å². The van der Waals surface area contributed by atoms with Gasteiger partial charge >= 0.3 is 5.97 Å². The van der Waals surface area contributed by atoms with Gasteiger partial charge in [0.1, 0.15) is 17.6 Å². The van der Waals surface area contributed by atoms with E-state index in [0.29, 0.717) is 29.3 Å². The highest BCUT2D eigenvalue weighted by atomic mass is 32.1. The number of benzene rings is 3. The zero-order chi connectivity index (χ0) is 27.9. The van der Waals surface area contributed by atoms with Crippen LogP contribution in [0.15, 0.2) is 72.8 Å². The predicted molar refractivity (Wildman–Crippen MR) is 149 cm³/mol. The number of carbonyl (C=O) groups is 3. The van der Waals surface area contributed by atoms with Gasteiger partial charge in [0.15, 0.2) is 5.11 Å². The summed E-state index contributed by atoms with van der Waals surface area (Å²) in [5.74, 6) is -0.923. The van der Waals surface area contributed by atoms with Gasteiger partial charge in [-0.3, -0.25) is 14.5 Å². The Morgan fingerprint density at radius 2 is 1.62 bits per heavy atom. The second-order valence-corrected chi connectivity index (χ2v) is 9.07. The minimum absolute atomic E-state index is 0.162. The topological polar surface area (TPSA) is 88.2 Å². The standard InChI is InChI=1S/C29H28FN3O5S/c1-3-37-24-15-11-22(12-16-24)31-26(34)17-25-27(35)33(23-13-7-20(8-14-23)28(36)38-4-2)29(39)32(25)18-19-5-9-21(30)10-6-19/h5-16,25H,3-4,17-18H2,1-2H3,(H,31,34). The number of carbonyl (C=O) groups excluding carboxylic acids is 3. The molecule has 1 aliphatic rings. The summed E-state index contributed by atoms with van der Waals surface area (Å²) in [6, 6.07) is 18.2. The normalized spacial score (nSPS) is 14.9. The number of nitrogens with zero attached hydrogens (tertiary/aromatic N) is 2. The summed E-state index contributed by atoms with van der Waals surface area (Å²) in [7, 11) is 0. The first-order valence-electron chi connectivity index (χ1n) is 12.5. The largest absolute Gasteiger partial charge is 0.494 e. The van der Waals surface area contributed by atoms with Crippen LogP contribution in [-0.4, -0.2) is 47.1 Å². The van der Waals surface area contributed by atoms with E-state index in [4.69, 9.17) is 21.7 Å². The van der Waals surface area contributed by atoms with Crippen LogP contribution in [0.3, 0.4) is 0 Å². The third kappa shape index (κ3) is 6.58. The van der Waals surface area contributed by atoms with Crippen molar-refractivity contribution in [3.63, 3.8) is 0 Å². The molecular weight excluding hydrogens is 521 g/mol. The Balaban J connectivity index is 1.56. The average molecular weight is 550 g/mol. The number of hydrogen-bond donors (Lipinski definition) is 1. The molecule has 1 fully saturated rings. The average Bonchev–Trinajstić information content (AvgIpc) is 3.15. The van der Waals surface area contributed by atoms with Crippen LogP contribution >= 0.6 is 12.2 Å². The van der Waals surface area contributed by atoms with Crippen molar-refractivity contribution in [2.75, 3.05) is 23.4 Å². The second-order valence-electron chi connectivity index (χ2n) is 8.70. The van der Waals surface area contributed by atoms with Gasteiger partial charge in [-0.05, 0) is 92.3 Å². The molecule has 8 nitrogen and oxygen atoms in total. The zero-order valence-corrected chi connectivity index (χ0v) is 22.4. The highest BCUT2D eigenvalue weighted by Crippen LogP contribution is 2.29. The molecule has 1 N–H and O–H groups in total. The first kappa shape index (κ1) is 27.7. The molecule has 0 aromatic heterocycles. The maximum atomic E-state index is 13.6. The molecule has 4 rings (SSSR count). The fourth-order valence-electron chi connectivity index (χ4n) is 4.19. The van der Waals surface area contributed by atoms with E-state index in [2.05, 4.69) is 5.32 Å². The number of nitrogens with one attached hydrogen (secondary N) is 1. The van der Waals surface area contributed by atoms with Gasteiger partial charge in [0.2, 0.25) is 5.91 Å². The van der Waals surface area contributed by atoms with Crippen LogP contribution in [0.5, 0.6) is 5.75 Å². The molecular formula is C29H28FN3O5S. The molecule has 1 saturated heterocycles. The van der Waals surface area contributed by atoms with Crippen molar-refractivity contribution in [1.29, 1.82) is 0 Å². The number of rotatable bonds is 10. The molecule has 3 aromatic carbocycles. The van der Waals surface area contributed by atoms with Crippen LogP contribution < -0.4 is 15.0 Å². The van der Waals surface area contributed by atoms with Gasteiger partial charge in [0.25, 0.3) is 5.91 Å². The molecule has 0 aliphatic carbocycles. The van der Waals surface area contributed by atoms with Crippen LogP contribution in [0.25, 0.3) is 0 Å². The van der Waals surface area contributed by atoms with Gasteiger partial charge in [-0.25, -0.2) is 9.18 Å². The molecule has 0 saturated carbocycles. The van der Waals surface area contributed by atoms with Crippen LogP contribution in [0.1, 0.15) is 36.2 Å². The lowest BCUT2D eigenvalue weighted by atomic mass is 10.1. The monoisotopic (exact) mass is 549 g/mol. The fourth-order valence-corrected chi connectivity index (χ4v) is 4.57. The van der Waals surface area contributed by atoms with Crippen LogP contribution in [0.2, 0.25) is 0 Å². The SMILES string of the molecule is CCOC(=O)c1ccc(N2C(=O)C(CC(=O)Nc3ccc(OCC)cc3)N(Cc3ccc(F)cc3)C2=S)cc1. The molecule has 1 heterocycles. The maximum Gasteiger partial charge on any atom is 0.338 e. The number of halogens is 1. The summed E-state index contributed by atoms with van der Waals surface area (Å²) >= 11 is 5.69. The molecule has 1 aliphatic heterocycles. The van der Waals surface area contributed by atoms with E-state index in [9.17, 15) is 18.8 Å². The number of amides is 2. The summed E-state index contributed by atoms with van der Waals surface area (Å²) in [6.45, 7) is 4.57. The van der Waals surface area contributed by atoms with Gasteiger partial charge in [-0.2, -0.15) is 0 Å². The number of anilines is 2. The molecule has 0 radical (unpaired) electrons. The molecule has 10 heteroatoms. The quantitative estimate of drug-likeness (QED) is 0.283. The van der Waals surface area contributed by atoms with Crippen molar-refractivity contribution in [2.24, 2.45) is 0 Å². The van der Waals surface area contributed by atoms with Gasteiger partial charge < -0.3 is 19.7 Å². The first-order valence-corrected chi connectivity index (χ1v) is 12.9. The highest BCUT2D eigenvalue weighted by Gasteiger charge is 2.44. The lowest BCUT2D eigenvalue weighted by Crippen LogP contribution is -2.37. The molecule has 39 heavy (non-hydrogen) atoms. The molecule has 1 atom stereocenters. The Hall–Kier alpha value is -4.31. The lowest BCUT2D eigenvalue weighted by molar-refractivity contribution is -0.124. The zero-order valence-electron chi connectivity index (χ0n) is 21.6. The molecule has 0 spiro atoms. The number of ether oxygens (including phenoxy) is 2. The van der Waals surface area contributed by atoms with Crippen molar-refractivity contribution in [2.45, 2.75) is 32.9 Å². The summed E-state index contributed by atoms with van der Waals surface area (Å²) in [5.41, 5.74) is 2.08. The summed E-state index contributed by atoms with van der Waals surface area (Å²) in [4.78, 5) is 41.7. The minimum atomic E-state index is -0.894. The fraction of sp³-hybridized carbons (Fsp3) is 0.241. The minimum Gasteiger partial charge on any atom is -0.494 e. The van der Waals surface area contributed by atoms with E-state index in [-0.39, 0.29) is 42.3 Å². The number of hydrogen-bond acceptors (Lipinski definition) is 6. The van der Waals surface area contributed by atoms with Gasteiger partial charge in [-0.1, -0.05) is 12.1 Å². The number of esters is 1. The highest BCUT2D eigenvalue weighted by molar-refractivity contribution is 7.80. The smallest absolute Gasteiger partial charge is 0.338 e. The van der Waals surface area contributed by atoms with Gasteiger partial charge in [-0.15, -0.1) is 0 Å². The third-order valence-corrected chi connectivity index (χ3v) is 6.47. The Morgan fingerprint density at radius 1 is 0.949 bits per heavy atom. The molecule has 202 valence electrons. The first-order chi connectivity index (χ1) is 18.8. The van der Waals surface area contributed by atoms with Crippen LogP contribution in [0, 0.1) is 5.82 Å². The van der Waals surface area contributed by atoms with Crippen molar-refractivity contribution in [3.05, 3.63) is 89.7 Å². The van der Waals surface area contributed by atoms with Crippen molar-refractivity contribution in [3.8, 4) is 5.75 Å². The van der Waals surface area contributed by atoms with E-state index in [0.717, 1.165) is 5.56 Å². The van der Waals surface area contributed by atoms with Crippen LogP contribution in [0.4, 0.5) is 15.8 Å². The summed E-state index contributed by atoms with van der Waals surface area (Å²) < 4.78 is 23.9. The van der Waals surface area contributed by atoms with E-state index in [1.165, 1.54) is 17.0 Å². The van der Waals surface area contributed by atoms with Crippen molar-refractivity contribution in [1.82, 2.24) is 4.90 Å². The summed E-state index contributed by atoms with van der Waals surface area (Å²) in [5, 5.41) is 3.02. The van der Waals surface area contributed by atoms with E-state index >= 15 is 0 Å². The Kier molecular flexibility index (Phi) is 8.88. The van der Waals surface area contributed by atoms with Crippen molar-refractivity contribution < 1.29 is 28.2 Å². The Bertz CT molecular complexity index is 1350. The van der Waals surface area contributed by atoms with Crippen molar-refractivity contribution >= 4 is 46.5 Å². The predicted octanol–water partition coefficient (Wildman–Crippen LogP) is 4.93. The van der Waals surface area contributed by atoms with Gasteiger partial charge in [0, 0.05) is 12.2 Å². The molecule has 3 aromatic rings.